The molecule has 4 N–H and O–H groups in total. The van der Waals surface area contributed by atoms with Crippen LogP contribution in [0.3, 0.4) is 0 Å². The molecule has 186 valence electrons. The molecule has 1 atom stereocenters. The first-order chi connectivity index (χ1) is 17.2. The molecule has 1 aliphatic rings. The highest BCUT2D eigenvalue weighted by Gasteiger charge is 2.19. The third-order valence-electron chi connectivity index (χ3n) is 6.35. The van der Waals surface area contributed by atoms with Crippen LogP contribution >= 0.6 is 11.3 Å². The Morgan fingerprint density at radius 2 is 2.14 bits per heavy atom. The number of ether oxygens (including phenoxy) is 1. The topological polar surface area (TPSA) is 127 Å². The highest BCUT2D eigenvalue weighted by molar-refractivity contribution is 7.17. The lowest BCUT2D eigenvalue weighted by Crippen LogP contribution is -2.29. The van der Waals surface area contributed by atoms with Crippen LogP contribution < -0.4 is 16.0 Å². The minimum atomic E-state index is 0.0343. The number of aliphatic hydroxyl groups is 1. The summed E-state index contributed by atoms with van der Waals surface area (Å²) in [5, 5.41) is 18.0. The summed E-state index contributed by atoms with van der Waals surface area (Å²) in [4.78, 5) is 15.6. The van der Waals surface area contributed by atoms with E-state index in [1.165, 1.54) is 10.3 Å². The third-order valence-corrected chi connectivity index (χ3v) is 7.25. The fourth-order valence-corrected chi connectivity index (χ4v) is 5.36. The van der Waals surface area contributed by atoms with Crippen LogP contribution in [0, 0.1) is 0 Å². The minimum absolute atomic E-state index is 0.0343. The lowest BCUT2D eigenvalue weighted by Gasteiger charge is -2.22. The molecule has 1 aliphatic heterocycles. The van der Waals surface area contributed by atoms with Crippen molar-refractivity contribution in [2.75, 3.05) is 43.5 Å². The lowest BCUT2D eigenvalue weighted by atomic mass is 10.1. The second-order valence-corrected chi connectivity index (χ2v) is 9.74. The molecular formula is C24H32N8O2S. The number of nitrogens with zero attached hydrogens (tertiary/aromatic N) is 6. The van der Waals surface area contributed by atoms with Crippen molar-refractivity contribution in [3.63, 3.8) is 0 Å². The SMILES string of the molecule is CCCCN(CCO)c1nc(N)nc2cn(Cc3ccc(CN[C@@H]4CCOC4)c4scnc34)nc12. The van der Waals surface area contributed by atoms with E-state index < -0.39 is 0 Å². The molecule has 1 aromatic carbocycles. The summed E-state index contributed by atoms with van der Waals surface area (Å²) in [6, 6.07) is 4.73. The first kappa shape index (κ1) is 23.9. The van der Waals surface area contributed by atoms with E-state index in [1.54, 1.807) is 11.3 Å². The van der Waals surface area contributed by atoms with Crippen LogP contribution in [-0.2, 0) is 17.8 Å². The van der Waals surface area contributed by atoms with E-state index in [2.05, 4.69) is 39.3 Å². The number of fused-ring (bicyclic) bond motifs is 2. The molecule has 4 aromatic rings. The van der Waals surface area contributed by atoms with Gasteiger partial charge in [-0.25, -0.2) is 9.97 Å². The Bertz CT molecular complexity index is 1280. The lowest BCUT2D eigenvalue weighted by molar-refractivity contribution is 0.190. The number of anilines is 2. The molecule has 3 aromatic heterocycles. The van der Waals surface area contributed by atoms with Crippen LogP contribution in [0.2, 0.25) is 0 Å². The molecule has 0 saturated carbocycles. The van der Waals surface area contributed by atoms with Crippen LogP contribution in [0.25, 0.3) is 21.3 Å². The summed E-state index contributed by atoms with van der Waals surface area (Å²) in [5.41, 5.74) is 12.7. The number of nitrogens with one attached hydrogen (secondary N) is 1. The van der Waals surface area contributed by atoms with E-state index in [-0.39, 0.29) is 12.6 Å². The Balaban J connectivity index is 1.42. The normalized spacial score (nSPS) is 16.0. The minimum Gasteiger partial charge on any atom is -0.395 e. The molecule has 5 rings (SSSR count). The van der Waals surface area contributed by atoms with Crippen molar-refractivity contribution in [1.29, 1.82) is 0 Å². The Morgan fingerprint density at radius 3 is 2.94 bits per heavy atom. The molecule has 11 heteroatoms. The molecule has 0 bridgehead atoms. The molecule has 0 amide bonds. The number of hydrogen-bond acceptors (Lipinski definition) is 10. The van der Waals surface area contributed by atoms with Gasteiger partial charge in [0.05, 0.1) is 41.7 Å². The van der Waals surface area contributed by atoms with Crippen molar-refractivity contribution in [1.82, 2.24) is 30.0 Å². The van der Waals surface area contributed by atoms with Gasteiger partial charge in [0.2, 0.25) is 5.95 Å². The van der Waals surface area contributed by atoms with Crippen molar-refractivity contribution >= 4 is 44.4 Å². The second-order valence-electron chi connectivity index (χ2n) is 8.89. The van der Waals surface area contributed by atoms with Crippen LogP contribution in [0.1, 0.15) is 37.3 Å². The predicted molar refractivity (Wildman–Crippen MR) is 139 cm³/mol. The summed E-state index contributed by atoms with van der Waals surface area (Å²) < 4.78 is 8.55. The van der Waals surface area contributed by atoms with E-state index in [1.807, 2.05) is 21.3 Å². The van der Waals surface area contributed by atoms with E-state index >= 15 is 0 Å². The summed E-state index contributed by atoms with van der Waals surface area (Å²) in [6.07, 6.45) is 4.99. The van der Waals surface area contributed by atoms with Gasteiger partial charge in [0.1, 0.15) is 5.52 Å². The van der Waals surface area contributed by atoms with Crippen LogP contribution in [0.4, 0.5) is 11.8 Å². The average Bonchev–Trinajstić information content (AvgIpc) is 3.61. The number of aliphatic hydroxyl groups excluding tert-OH is 1. The van der Waals surface area contributed by atoms with E-state index in [0.29, 0.717) is 36.0 Å². The quantitative estimate of drug-likeness (QED) is 0.287. The molecule has 0 radical (unpaired) electrons. The smallest absolute Gasteiger partial charge is 0.222 e. The molecule has 1 fully saturated rings. The first-order valence-corrected chi connectivity index (χ1v) is 13.1. The number of rotatable bonds is 11. The fourth-order valence-electron chi connectivity index (χ4n) is 4.51. The summed E-state index contributed by atoms with van der Waals surface area (Å²) in [7, 11) is 0. The second kappa shape index (κ2) is 10.8. The van der Waals surface area contributed by atoms with Gasteiger partial charge in [-0.15, -0.1) is 11.3 Å². The van der Waals surface area contributed by atoms with Gasteiger partial charge in [0.15, 0.2) is 11.3 Å². The first-order valence-electron chi connectivity index (χ1n) is 12.2. The van der Waals surface area contributed by atoms with Gasteiger partial charge >= 0.3 is 0 Å². The van der Waals surface area contributed by atoms with Gasteiger partial charge in [-0.05, 0) is 18.4 Å². The van der Waals surface area contributed by atoms with Crippen molar-refractivity contribution < 1.29 is 9.84 Å². The fraction of sp³-hybridized carbons (Fsp3) is 0.500. The zero-order chi connectivity index (χ0) is 24.2. The van der Waals surface area contributed by atoms with Gasteiger partial charge < -0.3 is 25.8 Å². The van der Waals surface area contributed by atoms with Gasteiger partial charge in [-0.3, -0.25) is 4.68 Å². The summed E-state index contributed by atoms with van der Waals surface area (Å²) in [6.45, 7) is 6.40. The number of hydrogen-bond donors (Lipinski definition) is 3. The largest absolute Gasteiger partial charge is 0.395 e. The summed E-state index contributed by atoms with van der Waals surface area (Å²) >= 11 is 1.67. The van der Waals surface area contributed by atoms with E-state index in [0.717, 1.165) is 56.6 Å². The third kappa shape index (κ3) is 5.22. The molecule has 35 heavy (non-hydrogen) atoms. The van der Waals surface area contributed by atoms with Crippen LogP contribution in [0.5, 0.6) is 0 Å². The maximum atomic E-state index is 9.58. The number of aromatic nitrogens is 5. The average molecular weight is 497 g/mol. The van der Waals surface area contributed by atoms with Crippen molar-refractivity contribution in [2.45, 2.75) is 45.3 Å². The van der Waals surface area contributed by atoms with E-state index in [9.17, 15) is 5.11 Å². The Kier molecular flexibility index (Phi) is 7.37. The molecule has 1 saturated heterocycles. The highest BCUT2D eigenvalue weighted by Crippen LogP contribution is 2.28. The maximum absolute atomic E-state index is 9.58. The van der Waals surface area contributed by atoms with Crippen molar-refractivity contribution in [3.8, 4) is 0 Å². The number of nitrogen functional groups attached to an aromatic ring is 1. The Morgan fingerprint density at radius 1 is 1.26 bits per heavy atom. The molecule has 0 unspecified atom stereocenters. The Labute approximate surface area is 208 Å². The van der Waals surface area contributed by atoms with Crippen LogP contribution in [0.15, 0.2) is 23.8 Å². The number of nitrogens with two attached hydrogens (primary N) is 1. The van der Waals surface area contributed by atoms with Crippen molar-refractivity contribution in [2.24, 2.45) is 0 Å². The zero-order valence-electron chi connectivity index (χ0n) is 20.0. The number of unbranched alkanes of at least 4 members (excludes halogenated alkanes) is 1. The highest BCUT2D eigenvalue weighted by atomic mass is 32.1. The standard InChI is InChI=1S/C24H32N8O2S/c1-2-3-7-31(8-9-33)23-21-19(28-24(25)29-23)13-32(30-21)12-17-5-4-16(22-20(17)27-15-35-22)11-26-18-6-10-34-14-18/h4-5,13,15,18,26,33H,2-3,6-12,14H2,1H3,(H2,25,28)/t18-/m1/s1. The van der Waals surface area contributed by atoms with Crippen molar-refractivity contribution in [3.05, 3.63) is 35.0 Å². The monoisotopic (exact) mass is 496 g/mol. The maximum Gasteiger partial charge on any atom is 0.222 e. The molecule has 10 nitrogen and oxygen atoms in total. The van der Waals surface area contributed by atoms with Crippen LogP contribution in [-0.4, -0.2) is 68.8 Å². The molecular weight excluding hydrogens is 464 g/mol. The number of thiazole rings is 1. The molecule has 4 heterocycles. The summed E-state index contributed by atoms with van der Waals surface area (Å²) in [5.74, 6) is 0.878. The van der Waals surface area contributed by atoms with Gasteiger partial charge in [0.25, 0.3) is 0 Å². The number of benzene rings is 1. The van der Waals surface area contributed by atoms with Gasteiger partial charge in [-0.2, -0.15) is 10.1 Å². The Hall–Kier alpha value is -2.86. The van der Waals surface area contributed by atoms with Gasteiger partial charge in [0, 0.05) is 37.8 Å². The molecule has 0 spiro atoms. The van der Waals surface area contributed by atoms with E-state index in [4.69, 9.17) is 15.6 Å². The van der Waals surface area contributed by atoms with Gasteiger partial charge in [-0.1, -0.05) is 25.5 Å². The zero-order valence-corrected chi connectivity index (χ0v) is 20.8. The predicted octanol–water partition coefficient (Wildman–Crippen LogP) is 2.54. The molecule has 0 aliphatic carbocycles.